The van der Waals surface area contributed by atoms with Crippen molar-refractivity contribution in [3.8, 4) is 5.75 Å². The molecule has 2 aromatic carbocycles. The van der Waals surface area contributed by atoms with Crippen LogP contribution in [-0.2, 0) is 6.54 Å². The van der Waals surface area contributed by atoms with Gasteiger partial charge in [0.05, 0.1) is 7.11 Å². The van der Waals surface area contributed by atoms with E-state index < -0.39 is 0 Å². The van der Waals surface area contributed by atoms with Gasteiger partial charge in [0.15, 0.2) is 0 Å². The number of hydrogen-bond acceptors (Lipinski definition) is 3. The zero-order valence-corrected chi connectivity index (χ0v) is 15.1. The predicted octanol–water partition coefficient (Wildman–Crippen LogP) is 4.58. The monoisotopic (exact) mass is 336 g/mol. The Morgan fingerprint density at radius 1 is 1.16 bits per heavy atom. The van der Waals surface area contributed by atoms with E-state index in [4.69, 9.17) is 4.74 Å². The van der Waals surface area contributed by atoms with E-state index in [0.29, 0.717) is 12.5 Å². The SMILES string of the molecule is COc1cc(C)c(NCc2cc3ccccc3[nH]c2=O)cc1C(C)C. The molecule has 0 aliphatic carbocycles. The summed E-state index contributed by atoms with van der Waals surface area (Å²) in [4.78, 5) is 15.2. The Kier molecular flexibility index (Phi) is 4.79. The van der Waals surface area contributed by atoms with E-state index in [9.17, 15) is 4.79 Å². The maximum Gasteiger partial charge on any atom is 0.253 e. The van der Waals surface area contributed by atoms with Gasteiger partial charge < -0.3 is 15.0 Å². The molecule has 0 aliphatic rings. The van der Waals surface area contributed by atoms with Crippen LogP contribution in [0.4, 0.5) is 5.69 Å². The maximum absolute atomic E-state index is 12.3. The second-order valence-electron chi connectivity index (χ2n) is 6.63. The van der Waals surface area contributed by atoms with Crippen LogP contribution in [-0.4, -0.2) is 12.1 Å². The molecule has 2 N–H and O–H groups in total. The normalized spacial score (nSPS) is 11.1. The fourth-order valence-electron chi connectivity index (χ4n) is 3.03. The number of methoxy groups -OCH3 is 1. The van der Waals surface area contributed by atoms with Gasteiger partial charge in [-0.2, -0.15) is 0 Å². The van der Waals surface area contributed by atoms with Gasteiger partial charge in [0, 0.05) is 23.3 Å². The summed E-state index contributed by atoms with van der Waals surface area (Å²) in [6, 6.07) is 13.9. The molecule has 0 spiro atoms. The summed E-state index contributed by atoms with van der Waals surface area (Å²) in [5.41, 5.74) is 4.80. The highest BCUT2D eigenvalue weighted by Gasteiger charge is 2.11. The molecule has 4 heteroatoms. The van der Waals surface area contributed by atoms with Gasteiger partial charge in [-0.25, -0.2) is 0 Å². The summed E-state index contributed by atoms with van der Waals surface area (Å²) in [6.07, 6.45) is 0. The Bertz CT molecular complexity index is 958. The van der Waals surface area contributed by atoms with E-state index in [1.54, 1.807) is 7.11 Å². The average Bonchev–Trinajstić information content (AvgIpc) is 2.60. The van der Waals surface area contributed by atoms with Crippen molar-refractivity contribution in [2.75, 3.05) is 12.4 Å². The van der Waals surface area contributed by atoms with Crippen LogP contribution in [0.1, 0.15) is 36.5 Å². The van der Waals surface area contributed by atoms with Crippen molar-refractivity contribution in [1.82, 2.24) is 4.98 Å². The van der Waals surface area contributed by atoms with E-state index in [-0.39, 0.29) is 5.56 Å². The molecule has 0 radical (unpaired) electrons. The maximum atomic E-state index is 12.3. The van der Waals surface area contributed by atoms with Gasteiger partial charge in [-0.15, -0.1) is 0 Å². The third kappa shape index (κ3) is 3.53. The molecule has 3 aromatic rings. The fraction of sp³-hybridized carbons (Fsp3) is 0.286. The first kappa shape index (κ1) is 17.1. The molecule has 0 saturated heterocycles. The van der Waals surface area contributed by atoms with Crippen LogP contribution in [0.5, 0.6) is 5.75 Å². The number of fused-ring (bicyclic) bond motifs is 1. The number of hydrogen-bond donors (Lipinski definition) is 2. The quantitative estimate of drug-likeness (QED) is 0.717. The van der Waals surface area contributed by atoms with Crippen molar-refractivity contribution >= 4 is 16.6 Å². The Labute approximate surface area is 147 Å². The van der Waals surface area contributed by atoms with Crippen LogP contribution in [0, 0.1) is 6.92 Å². The van der Waals surface area contributed by atoms with Crippen molar-refractivity contribution in [1.29, 1.82) is 0 Å². The highest BCUT2D eigenvalue weighted by atomic mass is 16.5. The average molecular weight is 336 g/mol. The number of para-hydroxylation sites is 1. The number of aromatic amines is 1. The zero-order chi connectivity index (χ0) is 18.0. The number of aryl methyl sites for hydroxylation is 1. The summed E-state index contributed by atoms with van der Waals surface area (Å²) in [6.45, 7) is 6.81. The third-order valence-corrected chi connectivity index (χ3v) is 4.50. The molecule has 0 unspecified atom stereocenters. The second kappa shape index (κ2) is 7.01. The van der Waals surface area contributed by atoms with Crippen molar-refractivity contribution in [2.45, 2.75) is 33.2 Å². The molecule has 1 heterocycles. The molecule has 0 saturated carbocycles. The lowest BCUT2D eigenvalue weighted by Gasteiger charge is -2.17. The fourth-order valence-corrected chi connectivity index (χ4v) is 3.03. The van der Waals surface area contributed by atoms with Crippen molar-refractivity contribution in [3.05, 3.63) is 69.5 Å². The van der Waals surface area contributed by atoms with Crippen LogP contribution >= 0.6 is 0 Å². The Morgan fingerprint density at radius 3 is 2.64 bits per heavy atom. The van der Waals surface area contributed by atoms with Crippen LogP contribution in [0.2, 0.25) is 0 Å². The highest BCUT2D eigenvalue weighted by Crippen LogP contribution is 2.32. The summed E-state index contributed by atoms with van der Waals surface area (Å²) >= 11 is 0. The summed E-state index contributed by atoms with van der Waals surface area (Å²) < 4.78 is 5.49. The molecule has 0 amide bonds. The molecule has 0 aliphatic heterocycles. The lowest BCUT2D eigenvalue weighted by atomic mass is 9.99. The number of rotatable bonds is 5. The van der Waals surface area contributed by atoms with Gasteiger partial charge in [-0.05, 0) is 53.6 Å². The summed E-state index contributed by atoms with van der Waals surface area (Å²) in [7, 11) is 1.70. The molecule has 0 fully saturated rings. The van der Waals surface area contributed by atoms with Gasteiger partial charge in [0.2, 0.25) is 0 Å². The first-order valence-corrected chi connectivity index (χ1v) is 8.53. The molecule has 1 aromatic heterocycles. The minimum atomic E-state index is -0.0542. The molecular weight excluding hydrogens is 312 g/mol. The van der Waals surface area contributed by atoms with Gasteiger partial charge in [0.25, 0.3) is 5.56 Å². The van der Waals surface area contributed by atoms with Crippen LogP contribution in [0.15, 0.2) is 47.3 Å². The number of benzene rings is 2. The Hall–Kier alpha value is -2.75. The highest BCUT2D eigenvalue weighted by molar-refractivity contribution is 5.78. The van der Waals surface area contributed by atoms with Crippen molar-refractivity contribution < 1.29 is 4.74 Å². The smallest absolute Gasteiger partial charge is 0.253 e. The standard InChI is InChI=1S/C21H24N2O2/c1-13(2)17-11-19(14(3)9-20(17)25-4)22-12-16-10-15-7-5-6-8-18(15)23-21(16)24/h5-11,13,22H,12H2,1-4H3,(H,23,24). The summed E-state index contributed by atoms with van der Waals surface area (Å²) in [5, 5.41) is 4.44. The largest absolute Gasteiger partial charge is 0.496 e. The molecule has 25 heavy (non-hydrogen) atoms. The molecule has 0 atom stereocenters. The van der Waals surface area contributed by atoms with Crippen molar-refractivity contribution in [2.24, 2.45) is 0 Å². The number of nitrogens with one attached hydrogen (secondary N) is 2. The Balaban J connectivity index is 1.90. The van der Waals surface area contributed by atoms with Crippen LogP contribution in [0.3, 0.4) is 0 Å². The third-order valence-electron chi connectivity index (χ3n) is 4.50. The lowest BCUT2D eigenvalue weighted by molar-refractivity contribution is 0.407. The topological polar surface area (TPSA) is 54.1 Å². The number of aromatic nitrogens is 1. The van der Waals surface area contributed by atoms with E-state index in [2.05, 4.69) is 30.2 Å². The molecule has 4 nitrogen and oxygen atoms in total. The van der Waals surface area contributed by atoms with E-state index in [1.807, 2.05) is 43.3 Å². The Morgan fingerprint density at radius 2 is 1.92 bits per heavy atom. The number of ether oxygens (including phenoxy) is 1. The zero-order valence-electron chi connectivity index (χ0n) is 15.1. The number of pyridine rings is 1. The molecular formula is C21H24N2O2. The van der Waals surface area contributed by atoms with Crippen LogP contribution in [0.25, 0.3) is 10.9 Å². The first-order chi connectivity index (χ1) is 12.0. The van der Waals surface area contributed by atoms with Gasteiger partial charge in [-0.3, -0.25) is 4.79 Å². The first-order valence-electron chi connectivity index (χ1n) is 8.53. The van der Waals surface area contributed by atoms with Gasteiger partial charge in [-0.1, -0.05) is 32.0 Å². The number of anilines is 1. The second-order valence-corrected chi connectivity index (χ2v) is 6.63. The van der Waals surface area contributed by atoms with Crippen molar-refractivity contribution in [3.63, 3.8) is 0 Å². The molecule has 0 bridgehead atoms. The lowest BCUT2D eigenvalue weighted by Crippen LogP contribution is -2.16. The predicted molar refractivity (Wildman–Crippen MR) is 104 cm³/mol. The minimum Gasteiger partial charge on any atom is -0.496 e. The van der Waals surface area contributed by atoms with E-state index >= 15 is 0 Å². The summed E-state index contributed by atoms with van der Waals surface area (Å²) in [5.74, 6) is 1.27. The molecule has 130 valence electrons. The molecule has 3 rings (SSSR count). The number of H-pyrrole nitrogens is 1. The minimum absolute atomic E-state index is 0.0542. The van der Waals surface area contributed by atoms with Gasteiger partial charge >= 0.3 is 0 Å². The van der Waals surface area contributed by atoms with E-state index in [0.717, 1.165) is 39.0 Å². The van der Waals surface area contributed by atoms with E-state index in [1.165, 1.54) is 0 Å². The van der Waals surface area contributed by atoms with Gasteiger partial charge in [0.1, 0.15) is 5.75 Å². The van der Waals surface area contributed by atoms with Crippen LogP contribution < -0.4 is 15.6 Å².